The van der Waals surface area contributed by atoms with Crippen LogP contribution in [-0.2, 0) is 0 Å². The summed E-state index contributed by atoms with van der Waals surface area (Å²) in [6, 6.07) is -0.231. The Bertz CT molecular complexity index is 369. The Labute approximate surface area is 97.1 Å². The number of pyridine rings is 1. The summed E-state index contributed by atoms with van der Waals surface area (Å²) in [6.07, 6.45) is 2.05. The quantitative estimate of drug-likeness (QED) is 0.637. The molecule has 6 heteroatoms. The summed E-state index contributed by atoms with van der Waals surface area (Å²) in [6.45, 7) is 3.72. The highest BCUT2D eigenvalue weighted by atomic mass is 19.2. The predicted octanol–water partition coefficient (Wildman–Crippen LogP) is 3.63. The van der Waals surface area contributed by atoms with Crippen LogP contribution in [0.2, 0.25) is 0 Å². The van der Waals surface area contributed by atoms with E-state index in [0.717, 1.165) is 6.42 Å². The Morgan fingerprint density at radius 3 is 2.00 bits per heavy atom. The van der Waals surface area contributed by atoms with Crippen molar-refractivity contribution in [3.63, 3.8) is 0 Å². The minimum absolute atomic E-state index is 0.231. The number of rotatable bonds is 5. The lowest BCUT2D eigenvalue weighted by atomic mass is 10.1. The zero-order valence-electron chi connectivity index (χ0n) is 9.66. The van der Waals surface area contributed by atoms with Gasteiger partial charge in [0, 0.05) is 6.04 Å². The maximum atomic E-state index is 13.3. The van der Waals surface area contributed by atoms with E-state index in [1.54, 1.807) is 0 Å². The molecule has 0 aliphatic rings. The number of anilines is 1. The third-order valence-corrected chi connectivity index (χ3v) is 2.48. The van der Waals surface area contributed by atoms with Crippen molar-refractivity contribution in [2.24, 2.45) is 0 Å². The van der Waals surface area contributed by atoms with E-state index in [9.17, 15) is 17.6 Å². The molecule has 1 atom stereocenters. The molecule has 0 aromatic carbocycles. The monoisotopic (exact) mass is 250 g/mol. The lowest BCUT2D eigenvalue weighted by Gasteiger charge is -2.18. The van der Waals surface area contributed by atoms with Crippen molar-refractivity contribution in [2.45, 2.75) is 39.2 Å². The van der Waals surface area contributed by atoms with Gasteiger partial charge in [0.15, 0.2) is 0 Å². The highest BCUT2D eigenvalue weighted by molar-refractivity contribution is 5.46. The molecule has 2 nitrogen and oxygen atoms in total. The van der Waals surface area contributed by atoms with Crippen molar-refractivity contribution in [1.82, 2.24) is 4.98 Å². The fourth-order valence-corrected chi connectivity index (χ4v) is 1.54. The molecule has 1 aromatic rings. The second kappa shape index (κ2) is 5.84. The summed E-state index contributed by atoms with van der Waals surface area (Å²) >= 11 is 0. The minimum atomic E-state index is -1.64. The Morgan fingerprint density at radius 1 is 1.06 bits per heavy atom. The van der Waals surface area contributed by atoms with Gasteiger partial charge in [0.2, 0.25) is 11.6 Å². The van der Waals surface area contributed by atoms with Gasteiger partial charge in [-0.25, -0.2) is 0 Å². The van der Waals surface area contributed by atoms with E-state index in [0.29, 0.717) is 12.8 Å². The molecule has 1 unspecified atom stereocenters. The lowest BCUT2D eigenvalue weighted by Crippen LogP contribution is -2.21. The van der Waals surface area contributed by atoms with Crippen LogP contribution in [0, 0.1) is 23.5 Å². The molecule has 1 heterocycles. The molecule has 96 valence electrons. The van der Waals surface area contributed by atoms with Crippen LogP contribution in [0.1, 0.15) is 33.1 Å². The van der Waals surface area contributed by atoms with Crippen LogP contribution in [0.3, 0.4) is 0 Å². The number of halogens is 4. The van der Waals surface area contributed by atoms with Crippen LogP contribution >= 0.6 is 0 Å². The molecule has 0 aliphatic carbocycles. The summed E-state index contributed by atoms with van der Waals surface area (Å²) < 4.78 is 52.2. The highest BCUT2D eigenvalue weighted by Gasteiger charge is 2.22. The van der Waals surface area contributed by atoms with Crippen molar-refractivity contribution in [3.05, 3.63) is 23.5 Å². The molecule has 1 N–H and O–H groups in total. The van der Waals surface area contributed by atoms with E-state index in [1.165, 1.54) is 0 Å². The van der Waals surface area contributed by atoms with E-state index in [4.69, 9.17) is 0 Å². The molecule has 0 bridgehead atoms. The van der Waals surface area contributed by atoms with Crippen LogP contribution < -0.4 is 5.32 Å². The number of aromatic nitrogens is 1. The Balaban J connectivity index is 3.04. The topological polar surface area (TPSA) is 24.9 Å². The standard InChI is InChI=1S/C11H14F4N2/c1-3-5-6(4-2)16-9-7(12)10(14)17-11(15)8(9)13/h6H,3-5H2,1-2H3,(H,16,17). The first kappa shape index (κ1) is 13.7. The van der Waals surface area contributed by atoms with Crippen LogP contribution in [0.15, 0.2) is 0 Å². The third kappa shape index (κ3) is 3.08. The first-order chi connectivity index (χ1) is 8.01. The van der Waals surface area contributed by atoms with E-state index in [1.807, 2.05) is 13.8 Å². The number of nitrogens with zero attached hydrogens (tertiary/aromatic N) is 1. The first-order valence-electron chi connectivity index (χ1n) is 5.47. The molecule has 0 amide bonds. The predicted molar refractivity (Wildman–Crippen MR) is 56.7 cm³/mol. The molecule has 0 saturated heterocycles. The second-order valence-electron chi connectivity index (χ2n) is 3.73. The van der Waals surface area contributed by atoms with Gasteiger partial charge in [0.1, 0.15) is 5.69 Å². The highest BCUT2D eigenvalue weighted by Crippen LogP contribution is 2.24. The molecular formula is C11H14F4N2. The zero-order valence-corrected chi connectivity index (χ0v) is 9.66. The van der Waals surface area contributed by atoms with Crippen molar-refractivity contribution in [2.75, 3.05) is 5.32 Å². The minimum Gasteiger partial charge on any atom is -0.377 e. The summed E-state index contributed by atoms with van der Waals surface area (Å²) in [5.41, 5.74) is -0.782. The first-order valence-corrected chi connectivity index (χ1v) is 5.47. The summed E-state index contributed by atoms with van der Waals surface area (Å²) in [7, 11) is 0. The molecule has 0 fully saturated rings. The fourth-order valence-electron chi connectivity index (χ4n) is 1.54. The molecule has 0 radical (unpaired) electrons. The van der Waals surface area contributed by atoms with Gasteiger partial charge in [-0.15, -0.1) is 0 Å². The molecule has 0 saturated carbocycles. The van der Waals surface area contributed by atoms with E-state index in [2.05, 4.69) is 10.3 Å². The lowest BCUT2D eigenvalue weighted by molar-refractivity contribution is 0.408. The molecule has 0 aliphatic heterocycles. The van der Waals surface area contributed by atoms with E-state index in [-0.39, 0.29) is 6.04 Å². The Hall–Kier alpha value is -1.33. The molecule has 0 spiro atoms. The van der Waals surface area contributed by atoms with Gasteiger partial charge in [-0.2, -0.15) is 22.5 Å². The molecule has 1 rings (SSSR count). The second-order valence-corrected chi connectivity index (χ2v) is 3.73. The van der Waals surface area contributed by atoms with E-state index >= 15 is 0 Å². The Kier molecular flexibility index (Phi) is 4.72. The van der Waals surface area contributed by atoms with Crippen LogP contribution in [-0.4, -0.2) is 11.0 Å². The van der Waals surface area contributed by atoms with Gasteiger partial charge in [-0.1, -0.05) is 20.3 Å². The van der Waals surface area contributed by atoms with Gasteiger partial charge < -0.3 is 5.32 Å². The zero-order chi connectivity index (χ0) is 13.0. The van der Waals surface area contributed by atoms with Crippen molar-refractivity contribution < 1.29 is 17.6 Å². The number of nitrogens with one attached hydrogen (secondary N) is 1. The van der Waals surface area contributed by atoms with E-state index < -0.39 is 29.2 Å². The van der Waals surface area contributed by atoms with Gasteiger partial charge in [-0.05, 0) is 12.8 Å². The number of hydrogen-bond donors (Lipinski definition) is 1. The third-order valence-electron chi connectivity index (χ3n) is 2.48. The average Bonchev–Trinajstić information content (AvgIpc) is 2.30. The van der Waals surface area contributed by atoms with Crippen LogP contribution in [0.4, 0.5) is 23.2 Å². The normalized spacial score (nSPS) is 12.6. The fraction of sp³-hybridized carbons (Fsp3) is 0.545. The maximum Gasteiger partial charge on any atom is 0.253 e. The molecular weight excluding hydrogens is 236 g/mol. The largest absolute Gasteiger partial charge is 0.377 e. The van der Waals surface area contributed by atoms with Gasteiger partial charge in [-0.3, -0.25) is 0 Å². The smallest absolute Gasteiger partial charge is 0.253 e. The van der Waals surface area contributed by atoms with Crippen molar-refractivity contribution in [3.8, 4) is 0 Å². The van der Waals surface area contributed by atoms with Gasteiger partial charge in [0.05, 0.1) is 0 Å². The van der Waals surface area contributed by atoms with Crippen LogP contribution in [0.25, 0.3) is 0 Å². The summed E-state index contributed by atoms with van der Waals surface area (Å²) in [4.78, 5) is 2.49. The summed E-state index contributed by atoms with van der Waals surface area (Å²) in [5, 5.41) is 2.48. The SMILES string of the molecule is CCCC(CC)Nc1c(F)c(F)nc(F)c1F. The Morgan fingerprint density at radius 2 is 1.59 bits per heavy atom. The van der Waals surface area contributed by atoms with Crippen molar-refractivity contribution in [1.29, 1.82) is 0 Å². The van der Waals surface area contributed by atoms with Gasteiger partial charge >= 0.3 is 0 Å². The molecule has 1 aromatic heterocycles. The number of hydrogen-bond acceptors (Lipinski definition) is 2. The maximum absolute atomic E-state index is 13.3. The van der Waals surface area contributed by atoms with Crippen LogP contribution in [0.5, 0.6) is 0 Å². The van der Waals surface area contributed by atoms with Crippen molar-refractivity contribution >= 4 is 5.69 Å². The summed E-state index contributed by atoms with van der Waals surface area (Å²) in [5.74, 6) is -6.26. The van der Waals surface area contributed by atoms with Gasteiger partial charge in [0.25, 0.3) is 11.9 Å². The molecule has 17 heavy (non-hydrogen) atoms. The average molecular weight is 250 g/mol.